The van der Waals surface area contributed by atoms with Crippen molar-refractivity contribution in [3.8, 4) is 0 Å². The Morgan fingerprint density at radius 3 is 2.21 bits per heavy atom. The number of hydroxylamine groups is 2. The van der Waals surface area contributed by atoms with Crippen molar-refractivity contribution in [1.82, 2.24) is 20.1 Å². The lowest BCUT2D eigenvalue weighted by molar-refractivity contribution is -0.160. The zero-order chi connectivity index (χ0) is 20.4. The van der Waals surface area contributed by atoms with Crippen LogP contribution in [0.5, 0.6) is 0 Å². The first kappa shape index (κ1) is 21.8. The van der Waals surface area contributed by atoms with E-state index in [1.165, 1.54) is 54.5 Å². The molecule has 1 aromatic rings. The minimum absolute atomic E-state index is 0.0907. The van der Waals surface area contributed by atoms with Gasteiger partial charge in [-0.1, -0.05) is 39.0 Å². The lowest BCUT2D eigenvalue weighted by atomic mass is 10.1. The molecule has 1 atom stereocenters. The number of carbonyl (C=O) groups excluding carboxylic acids is 3. The highest BCUT2D eigenvalue weighted by Gasteiger charge is 2.34. The van der Waals surface area contributed by atoms with E-state index in [0.717, 1.165) is 0 Å². The minimum Gasteiger partial charge on any atom is -0.286 e. The second kappa shape index (κ2) is 11.4. The number of amides is 3. The van der Waals surface area contributed by atoms with Gasteiger partial charge < -0.3 is 0 Å². The molecule has 1 saturated carbocycles. The molecule has 0 radical (unpaired) electrons. The topological polar surface area (TPSA) is 94.0 Å². The zero-order valence-electron chi connectivity index (χ0n) is 16.5. The van der Waals surface area contributed by atoms with Gasteiger partial charge in [-0.3, -0.25) is 29.6 Å². The van der Waals surface area contributed by atoms with Crippen molar-refractivity contribution in [3.63, 3.8) is 0 Å². The predicted octanol–water partition coefficient (Wildman–Crippen LogP) is 2.50. The highest BCUT2D eigenvalue weighted by atomic mass is 16.5. The SMILES string of the molecule is C1CCCC1.CCC(CN(O)C=O)C(=O)N1CCCN1C(=O)c1ccncc1. The Kier molecular flexibility index (Phi) is 8.87. The summed E-state index contributed by atoms with van der Waals surface area (Å²) in [6.07, 6.45) is 12.0. The third-order valence-corrected chi connectivity index (χ3v) is 5.07. The van der Waals surface area contributed by atoms with Crippen molar-refractivity contribution in [1.29, 1.82) is 0 Å². The molecule has 1 aliphatic heterocycles. The largest absolute Gasteiger partial charge is 0.286 e. The third kappa shape index (κ3) is 6.02. The molecule has 3 rings (SSSR count). The number of hydrazine groups is 1. The summed E-state index contributed by atoms with van der Waals surface area (Å²) in [5.41, 5.74) is 0.462. The maximum absolute atomic E-state index is 12.6. The number of nitrogens with zero attached hydrogens (tertiary/aromatic N) is 4. The number of hydrogen-bond acceptors (Lipinski definition) is 5. The first-order valence-corrected chi connectivity index (χ1v) is 10.0. The van der Waals surface area contributed by atoms with E-state index in [0.29, 0.717) is 36.6 Å². The molecule has 1 N–H and O–H groups in total. The molecule has 8 nitrogen and oxygen atoms in total. The van der Waals surface area contributed by atoms with Gasteiger partial charge in [0.1, 0.15) is 0 Å². The highest BCUT2D eigenvalue weighted by molar-refractivity contribution is 5.95. The molecule has 0 aromatic carbocycles. The van der Waals surface area contributed by atoms with Crippen LogP contribution in [0.15, 0.2) is 24.5 Å². The first-order chi connectivity index (χ1) is 13.6. The van der Waals surface area contributed by atoms with Crippen molar-refractivity contribution < 1.29 is 19.6 Å². The fraction of sp³-hybridized carbons (Fsp3) is 0.600. The van der Waals surface area contributed by atoms with Gasteiger partial charge in [0.25, 0.3) is 5.91 Å². The van der Waals surface area contributed by atoms with Gasteiger partial charge in [0.15, 0.2) is 0 Å². The van der Waals surface area contributed by atoms with Gasteiger partial charge in [0, 0.05) is 31.0 Å². The maximum Gasteiger partial charge on any atom is 0.272 e. The van der Waals surface area contributed by atoms with Crippen LogP contribution in [0.2, 0.25) is 0 Å². The quantitative estimate of drug-likeness (QED) is 0.458. The summed E-state index contributed by atoms with van der Waals surface area (Å²) < 4.78 is 0. The van der Waals surface area contributed by atoms with Gasteiger partial charge in [-0.05, 0) is 25.0 Å². The standard InChI is InChI=1S/C15H20N4O4.C5H10/c1-2-12(10-17(23)11-20)14(21)18-8-3-9-19(18)15(22)13-4-6-16-7-5-13;1-2-4-5-3-1/h4-7,11-12,23H,2-3,8-10H2,1H3;1-5H2. The van der Waals surface area contributed by atoms with E-state index in [1.54, 1.807) is 19.1 Å². The summed E-state index contributed by atoms with van der Waals surface area (Å²) in [5, 5.41) is 12.6. The van der Waals surface area contributed by atoms with Crippen molar-refractivity contribution >= 4 is 18.2 Å². The van der Waals surface area contributed by atoms with Crippen LogP contribution in [0.3, 0.4) is 0 Å². The first-order valence-electron chi connectivity index (χ1n) is 10.0. The van der Waals surface area contributed by atoms with E-state index < -0.39 is 5.92 Å². The van der Waals surface area contributed by atoms with E-state index in [1.807, 2.05) is 0 Å². The highest BCUT2D eigenvalue weighted by Crippen LogP contribution is 2.19. The molecular weight excluding hydrogens is 360 g/mol. The molecule has 1 saturated heterocycles. The molecule has 2 aliphatic rings. The van der Waals surface area contributed by atoms with Crippen molar-refractivity contribution in [2.75, 3.05) is 19.6 Å². The van der Waals surface area contributed by atoms with Crippen molar-refractivity contribution in [3.05, 3.63) is 30.1 Å². The minimum atomic E-state index is -0.559. The van der Waals surface area contributed by atoms with E-state index in [9.17, 15) is 19.6 Å². The van der Waals surface area contributed by atoms with Crippen LogP contribution in [0.25, 0.3) is 0 Å². The molecule has 1 unspecified atom stereocenters. The van der Waals surface area contributed by atoms with Gasteiger partial charge in [-0.15, -0.1) is 0 Å². The Morgan fingerprint density at radius 1 is 1.11 bits per heavy atom. The summed E-state index contributed by atoms with van der Waals surface area (Å²) in [7, 11) is 0. The van der Waals surface area contributed by atoms with Crippen LogP contribution in [0.1, 0.15) is 62.2 Å². The fourth-order valence-corrected chi connectivity index (χ4v) is 3.44. The predicted molar refractivity (Wildman–Crippen MR) is 103 cm³/mol. The molecule has 1 aliphatic carbocycles. The second-order valence-electron chi connectivity index (χ2n) is 7.08. The molecule has 154 valence electrons. The van der Waals surface area contributed by atoms with E-state index in [2.05, 4.69) is 4.98 Å². The smallest absolute Gasteiger partial charge is 0.272 e. The van der Waals surface area contributed by atoms with Gasteiger partial charge in [-0.25, -0.2) is 10.1 Å². The Hall–Kier alpha value is -2.48. The molecule has 2 heterocycles. The van der Waals surface area contributed by atoms with Crippen LogP contribution in [0.4, 0.5) is 0 Å². The Bertz CT molecular complexity index is 629. The van der Waals surface area contributed by atoms with Crippen molar-refractivity contribution in [2.24, 2.45) is 5.92 Å². The summed E-state index contributed by atoms with van der Waals surface area (Å²) in [6, 6.07) is 3.20. The molecule has 3 amide bonds. The summed E-state index contributed by atoms with van der Waals surface area (Å²) in [6.45, 7) is 2.61. The van der Waals surface area contributed by atoms with Gasteiger partial charge in [-0.2, -0.15) is 0 Å². The number of aromatic nitrogens is 1. The molecular formula is C20H30N4O4. The van der Waals surface area contributed by atoms with Crippen molar-refractivity contribution in [2.45, 2.75) is 51.9 Å². The Balaban J connectivity index is 0.000000485. The van der Waals surface area contributed by atoms with Crippen LogP contribution < -0.4 is 0 Å². The molecule has 28 heavy (non-hydrogen) atoms. The monoisotopic (exact) mass is 390 g/mol. The lowest BCUT2D eigenvalue weighted by Gasteiger charge is -2.31. The summed E-state index contributed by atoms with van der Waals surface area (Å²) >= 11 is 0. The van der Waals surface area contributed by atoms with Crippen LogP contribution >= 0.6 is 0 Å². The molecule has 0 spiro atoms. The van der Waals surface area contributed by atoms with Crippen LogP contribution in [-0.4, -0.2) is 63.1 Å². The second-order valence-corrected chi connectivity index (χ2v) is 7.08. The van der Waals surface area contributed by atoms with E-state index in [-0.39, 0.29) is 24.8 Å². The van der Waals surface area contributed by atoms with Crippen LogP contribution in [-0.2, 0) is 9.59 Å². The maximum atomic E-state index is 12.6. The van der Waals surface area contributed by atoms with Gasteiger partial charge in [0.05, 0.1) is 12.5 Å². The average Bonchev–Trinajstić information content (AvgIpc) is 3.46. The Morgan fingerprint density at radius 2 is 1.68 bits per heavy atom. The summed E-state index contributed by atoms with van der Waals surface area (Å²) in [5.74, 6) is -1.09. The van der Waals surface area contributed by atoms with E-state index in [4.69, 9.17) is 0 Å². The molecule has 1 aromatic heterocycles. The number of carbonyl (C=O) groups is 3. The number of rotatable bonds is 6. The molecule has 0 bridgehead atoms. The van der Waals surface area contributed by atoms with Crippen LogP contribution in [0, 0.1) is 5.92 Å². The average molecular weight is 390 g/mol. The van der Waals surface area contributed by atoms with E-state index >= 15 is 0 Å². The molecule has 2 fully saturated rings. The number of pyridine rings is 1. The third-order valence-electron chi connectivity index (χ3n) is 5.07. The lowest BCUT2D eigenvalue weighted by Crippen LogP contribution is -2.48. The summed E-state index contributed by atoms with van der Waals surface area (Å²) in [4.78, 5) is 39.6. The fourth-order valence-electron chi connectivity index (χ4n) is 3.44. The van der Waals surface area contributed by atoms with Gasteiger partial charge in [0.2, 0.25) is 12.3 Å². The zero-order valence-corrected chi connectivity index (χ0v) is 16.5. The Labute approximate surface area is 166 Å². The number of hydrogen-bond donors (Lipinski definition) is 1. The normalized spacial score (nSPS) is 16.9. The molecule has 8 heteroatoms. The van der Waals surface area contributed by atoms with Gasteiger partial charge >= 0.3 is 0 Å².